The minimum Gasteiger partial charge on any atom is -0.460 e. The predicted octanol–water partition coefficient (Wildman–Crippen LogP) is 3.32. The van der Waals surface area contributed by atoms with Gasteiger partial charge >= 0.3 is 5.97 Å². The molecule has 1 aromatic carbocycles. The predicted molar refractivity (Wildman–Crippen MR) is 102 cm³/mol. The van der Waals surface area contributed by atoms with Crippen molar-refractivity contribution in [3.63, 3.8) is 0 Å². The van der Waals surface area contributed by atoms with Gasteiger partial charge in [-0.05, 0) is 42.8 Å². The van der Waals surface area contributed by atoms with Crippen LogP contribution in [0.5, 0.6) is 0 Å². The number of esters is 1. The summed E-state index contributed by atoms with van der Waals surface area (Å²) in [6, 6.07) is 2.78. The van der Waals surface area contributed by atoms with Gasteiger partial charge in [-0.2, -0.15) is 0 Å². The first-order chi connectivity index (χ1) is 12.8. The number of thiocarbonyl (C=S) groups is 1. The zero-order chi connectivity index (χ0) is 20.1. The van der Waals surface area contributed by atoms with Crippen LogP contribution >= 0.6 is 12.2 Å². The van der Waals surface area contributed by atoms with Gasteiger partial charge in [0.25, 0.3) is 0 Å². The molecule has 1 aromatic rings. The lowest BCUT2D eigenvalue weighted by Gasteiger charge is -2.38. The maximum Gasteiger partial charge on any atom is 0.338 e. The summed E-state index contributed by atoms with van der Waals surface area (Å²) < 4.78 is 37.3. The lowest BCUT2D eigenvalue weighted by Crippen LogP contribution is -2.49. The number of allylic oxidation sites excluding steroid dienone is 1. The highest BCUT2D eigenvalue weighted by molar-refractivity contribution is 7.80. The molecule has 0 bridgehead atoms. The Morgan fingerprint density at radius 3 is 2.59 bits per heavy atom. The number of hydrogen-bond donors (Lipinski definition) is 1. The Balaban J connectivity index is 2.46. The molecule has 0 aromatic heterocycles. The number of carbonyl (C=O) groups excluding carboxylic acids is 1. The van der Waals surface area contributed by atoms with E-state index < -0.39 is 23.6 Å². The molecule has 0 aliphatic carbocycles. The zero-order valence-electron chi connectivity index (χ0n) is 15.8. The van der Waals surface area contributed by atoms with Crippen LogP contribution in [0.4, 0.5) is 8.78 Å². The largest absolute Gasteiger partial charge is 0.460 e. The van der Waals surface area contributed by atoms with Crippen molar-refractivity contribution in [1.82, 2.24) is 10.2 Å². The molecule has 0 radical (unpaired) electrons. The van der Waals surface area contributed by atoms with Gasteiger partial charge in [0.1, 0.15) is 6.61 Å². The summed E-state index contributed by atoms with van der Waals surface area (Å²) in [6.45, 7) is 6.80. The van der Waals surface area contributed by atoms with E-state index >= 15 is 0 Å². The van der Waals surface area contributed by atoms with Crippen molar-refractivity contribution >= 4 is 23.3 Å². The van der Waals surface area contributed by atoms with Gasteiger partial charge < -0.3 is 19.7 Å². The monoisotopic (exact) mass is 398 g/mol. The van der Waals surface area contributed by atoms with E-state index in [0.29, 0.717) is 34.4 Å². The quantitative estimate of drug-likeness (QED) is 0.432. The normalized spacial score (nSPS) is 17.4. The van der Waals surface area contributed by atoms with Crippen LogP contribution in [0.2, 0.25) is 0 Å². The lowest BCUT2D eigenvalue weighted by molar-refractivity contribution is -0.140. The van der Waals surface area contributed by atoms with Crippen LogP contribution in [-0.2, 0) is 14.3 Å². The Labute approximate surface area is 163 Å². The second kappa shape index (κ2) is 9.23. The molecule has 27 heavy (non-hydrogen) atoms. The molecule has 0 unspecified atom stereocenters. The Hall–Kier alpha value is -2.06. The fourth-order valence-electron chi connectivity index (χ4n) is 2.87. The molecule has 5 nitrogen and oxygen atoms in total. The Morgan fingerprint density at radius 2 is 2.00 bits per heavy atom. The minimum absolute atomic E-state index is 0.0885. The maximum absolute atomic E-state index is 13.8. The molecule has 8 heteroatoms. The molecular formula is C19H24F2N2O3S. The number of benzene rings is 1. The van der Waals surface area contributed by atoms with Crippen molar-refractivity contribution in [2.24, 2.45) is 5.92 Å². The molecule has 1 aliphatic rings. The number of nitrogens with one attached hydrogen (secondary N) is 1. The third kappa shape index (κ3) is 5.01. The second-order valence-corrected chi connectivity index (χ2v) is 7.08. The van der Waals surface area contributed by atoms with Crippen LogP contribution in [0, 0.1) is 17.6 Å². The maximum atomic E-state index is 13.8. The smallest absolute Gasteiger partial charge is 0.338 e. The Morgan fingerprint density at radius 1 is 1.30 bits per heavy atom. The van der Waals surface area contributed by atoms with Gasteiger partial charge in [0.05, 0.1) is 18.2 Å². The average Bonchev–Trinajstić information content (AvgIpc) is 2.60. The van der Waals surface area contributed by atoms with Gasteiger partial charge in [-0.25, -0.2) is 13.6 Å². The van der Waals surface area contributed by atoms with Crippen LogP contribution in [0.25, 0.3) is 0 Å². The van der Waals surface area contributed by atoms with E-state index in [0.717, 1.165) is 12.1 Å². The molecule has 0 fully saturated rings. The van der Waals surface area contributed by atoms with Crippen molar-refractivity contribution in [1.29, 1.82) is 0 Å². The van der Waals surface area contributed by atoms with Gasteiger partial charge in [-0.1, -0.05) is 19.9 Å². The number of hydrogen-bond acceptors (Lipinski definition) is 4. The highest BCUT2D eigenvalue weighted by Gasteiger charge is 2.35. The molecule has 0 saturated carbocycles. The van der Waals surface area contributed by atoms with E-state index in [-0.39, 0.29) is 13.2 Å². The van der Waals surface area contributed by atoms with Crippen molar-refractivity contribution in [3.8, 4) is 0 Å². The second-order valence-electron chi connectivity index (χ2n) is 6.69. The summed E-state index contributed by atoms with van der Waals surface area (Å²) in [5.74, 6) is -2.20. The lowest BCUT2D eigenvalue weighted by atomic mass is 9.94. The average molecular weight is 398 g/mol. The summed E-state index contributed by atoms with van der Waals surface area (Å²) >= 11 is 5.44. The minimum atomic E-state index is -0.991. The molecule has 1 aliphatic heterocycles. The van der Waals surface area contributed by atoms with Crippen molar-refractivity contribution in [2.75, 3.05) is 26.9 Å². The Kier molecular flexibility index (Phi) is 7.26. The number of carbonyl (C=O) groups is 1. The van der Waals surface area contributed by atoms with Crippen molar-refractivity contribution in [3.05, 3.63) is 46.7 Å². The standard InChI is InChI=1S/C19H24F2N2O3S/c1-11(2)10-23-12(3)16(18(24)26-8-7-25-4)17(22-19(23)27)13-5-6-14(20)15(21)9-13/h5-6,9,11,17H,7-8,10H2,1-4H3,(H,22,27)/t17-/m1/s1. The number of ether oxygens (including phenoxy) is 2. The highest BCUT2D eigenvalue weighted by Crippen LogP contribution is 2.32. The van der Waals surface area contributed by atoms with Gasteiger partial charge in [0.15, 0.2) is 16.7 Å². The van der Waals surface area contributed by atoms with Gasteiger partial charge in [0, 0.05) is 19.4 Å². The SMILES string of the molecule is COCCOC(=O)C1=C(C)N(CC(C)C)C(=S)N[C@@H]1c1ccc(F)c(F)c1. The van der Waals surface area contributed by atoms with Crippen LogP contribution in [0.15, 0.2) is 29.5 Å². The Bertz CT molecular complexity index is 752. The molecule has 0 amide bonds. The molecule has 1 atom stereocenters. The highest BCUT2D eigenvalue weighted by atomic mass is 32.1. The number of methoxy groups -OCH3 is 1. The summed E-state index contributed by atoms with van der Waals surface area (Å²) in [5.41, 5.74) is 1.33. The first-order valence-corrected chi connectivity index (χ1v) is 9.06. The fraction of sp³-hybridized carbons (Fsp3) is 0.474. The van der Waals surface area contributed by atoms with Gasteiger partial charge in [-0.3, -0.25) is 0 Å². The third-order valence-electron chi connectivity index (χ3n) is 4.16. The van der Waals surface area contributed by atoms with Gasteiger partial charge in [-0.15, -0.1) is 0 Å². The summed E-state index contributed by atoms with van der Waals surface area (Å²) in [5, 5.41) is 3.49. The van der Waals surface area contributed by atoms with E-state index in [1.165, 1.54) is 13.2 Å². The molecule has 2 rings (SSSR count). The number of halogens is 2. The van der Waals surface area contributed by atoms with Crippen LogP contribution in [0.3, 0.4) is 0 Å². The van der Waals surface area contributed by atoms with Gasteiger partial charge in [0.2, 0.25) is 0 Å². The molecule has 1 N–H and O–H groups in total. The van der Waals surface area contributed by atoms with Crippen molar-refractivity contribution in [2.45, 2.75) is 26.8 Å². The van der Waals surface area contributed by atoms with E-state index in [1.54, 1.807) is 6.92 Å². The molecular weight excluding hydrogens is 374 g/mol. The van der Waals surface area contributed by atoms with Crippen molar-refractivity contribution < 1.29 is 23.0 Å². The number of rotatable bonds is 7. The fourth-order valence-corrected chi connectivity index (χ4v) is 3.20. The van der Waals surface area contributed by atoms with E-state index in [4.69, 9.17) is 21.7 Å². The zero-order valence-corrected chi connectivity index (χ0v) is 16.7. The van der Waals surface area contributed by atoms with E-state index in [1.807, 2.05) is 18.7 Å². The van der Waals surface area contributed by atoms with E-state index in [9.17, 15) is 13.6 Å². The molecule has 148 valence electrons. The number of nitrogens with zero attached hydrogens (tertiary/aromatic N) is 1. The molecule has 0 saturated heterocycles. The summed E-state index contributed by atoms with van der Waals surface area (Å²) in [7, 11) is 1.51. The third-order valence-corrected chi connectivity index (χ3v) is 4.50. The van der Waals surface area contributed by atoms with Crippen LogP contribution in [0.1, 0.15) is 32.4 Å². The summed E-state index contributed by atoms with van der Waals surface area (Å²) in [6.07, 6.45) is 0. The van der Waals surface area contributed by atoms with Crippen LogP contribution in [-0.4, -0.2) is 42.8 Å². The first kappa shape index (κ1) is 21.2. The van der Waals surface area contributed by atoms with Crippen LogP contribution < -0.4 is 5.32 Å². The van der Waals surface area contributed by atoms with E-state index in [2.05, 4.69) is 5.32 Å². The summed E-state index contributed by atoms with van der Waals surface area (Å²) in [4.78, 5) is 14.6. The molecule has 1 heterocycles. The topological polar surface area (TPSA) is 50.8 Å². The molecule has 0 spiro atoms. The first-order valence-electron chi connectivity index (χ1n) is 8.66.